The topological polar surface area (TPSA) is 47.6 Å². The maximum absolute atomic E-state index is 12.1. The molecule has 22 heavy (non-hydrogen) atoms. The average Bonchev–Trinajstić information content (AvgIpc) is 2.56. The van der Waals surface area contributed by atoms with Crippen LogP contribution in [0.3, 0.4) is 0 Å². The molecule has 0 aliphatic rings. The number of methoxy groups -OCH3 is 1. The Labute approximate surface area is 131 Å². The molecule has 0 radical (unpaired) electrons. The van der Waals surface area contributed by atoms with Crippen molar-refractivity contribution in [2.24, 2.45) is 0 Å². The van der Waals surface area contributed by atoms with Crippen LogP contribution in [-0.2, 0) is 9.53 Å². The molecule has 0 spiro atoms. The molecule has 0 bridgehead atoms. The number of amides is 1. The molecule has 1 atom stereocenters. The first-order chi connectivity index (χ1) is 10.7. The number of nitrogens with one attached hydrogen (secondary N) is 1. The van der Waals surface area contributed by atoms with Gasteiger partial charge in [0.15, 0.2) is 6.10 Å². The molecule has 1 N–H and O–H groups in total. The summed E-state index contributed by atoms with van der Waals surface area (Å²) in [6, 6.07) is 14.0. The van der Waals surface area contributed by atoms with Crippen molar-refractivity contribution in [3.63, 3.8) is 0 Å². The van der Waals surface area contributed by atoms with Crippen molar-refractivity contribution in [1.82, 2.24) is 5.32 Å². The number of ether oxygens (including phenoxy) is 2. The second-order valence-corrected chi connectivity index (χ2v) is 5.16. The van der Waals surface area contributed by atoms with Crippen molar-refractivity contribution in [3.8, 4) is 5.75 Å². The van der Waals surface area contributed by atoms with Crippen LogP contribution in [0.5, 0.6) is 5.75 Å². The fourth-order valence-corrected chi connectivity index (χ4v) is 2.27. The Morgan fingerprint density at radius 1 is 1.18 bits per heavy atom. The van der Waals surface area contributed by atoms with Gasteiger partial charge >= 0.3 is 0 Å². The van der Waals surface area contributed by atoms with Crippen molar-refractivity contribution in [3.05, 3.63) is 42.5 Å². The summed E-state index contributed by atoms with van der Waals surface area (Å²) in [7, 11) is 1.65. The zero-order valence-electron chi connectivity index (χ0n) is 13.2. The van der Waals surface area contributed by atoms with Gasteiger partial charge in [0.05, 0.1) is 0 Å². The van der Waals surface area contributed by atoms with Crippen LogP contribution >= 0.6 is 0 Å². The van der Waals surface area contributed by atoms with E-state index in [9.17, 15) is 4.79 Å². The fraction of sp³-hybridized carbons (Fsp3) is 0.389. The lowest BCUT2D eigenvalue weighted by Crippen LogP contribution is -2.38. The van der Waals surface area contributed by atoms with Crippen LogP contribution in [0.1, 0.15) is 19.8 Å². The molecular formula is C18H23NO3. The first-order valence-electron chi connectivity index (χ1n) is 7.66. The lowest BCUT2D eigenvalue weighted by Gasteiger charge is -2.17. The molecule has 1 amide bonds. The van der Waals surface area contributed by atoms with Gasteiger partial charge in [0.1, 0.15) is 5.75 Å². The Kier molecular flexibility index (Phi) is 6.22. The molecule has 0 aliphatic carbocycles. The summed E-state index contributed by atoms with van der Waals surface area (Å²) in [5, 5.41) is 5.15. The second-order valence-electron chi connectivity index (χ2n) is 5.16. The van der Waals surface area contributed by atoms with Crippen molar-refractivity contribution >= 4 is 16.7 Å². The second kappa shape index (κ2) is 8.39. The van der Waals surface area contributed by atoms with Crippen LogP contribution in [0.2, 0.25) is 0 Å². The van der Waals surface area contributed by atoms with Crippen molar-refractivity contribution in [1.29, 1.82) is 0 Å². The first-order valence-corrected chi connectivity index (χ1v) is 7.66. The van der Waals surface area contributed by atoms with E-state index in [1.165, 1.54) is 0 Å². The van der Waals surface area contributed by atoms with Crippen LogP contribution in [0, 0.1) is 0 Å². The third-order valence-electron chi connectivity index (χ3n) is 3.49. The predicted molar refractivity (Wildman–Crippen MR) is 88.2 cm³/mol. The maximum atomic E-state index is 12.1. The Balaban J connectivity index is 1.97. The number of carbonyl (C=O) groups excluding carboxylic acids is 1. The zero-order chi connectivity index (χ0) is 15.8. The molecule has 2 rings (SSSR count). The van der Waals surface area contributed by atoms with Gasteiger partial charge in [0.25, 0.3) is 5.91 Å². The minimum absolute atomic E-state index is 0.0771. The van der Waals surface area contributed by atoms with Crippen molar-refractivity contribution < 1.29 is 14.3 Å². The Morgan fingerprint density at radius 2 is 1.95 bits per heavy atom. The lowest BCUT2D eigenvalue weighted by molar-refractivity contribution is -0.128. The minimum Gasteiger partial charge on any atom is -0.481 e. The maximum Gasteiger partial charge on any atom is 0.261 e. The smallest absolute Gasteiger partial charge is 0.261 e. The number of hydrogen-bond donors (Lipinski definition) is 1. The van der Waals surface area contributed by atoms with Gasteiger partial charge in [-0.2, -0.15) is 0 Å². The van der Waals surface area contributed by atoms with Crippen molar-refractivity contribution in [2.75, 3.05) is 20.3 Å². The highest BCUT2D eigenvalue weighted by Crippen LogP contribution is 2.22. The summed E-state index contributed by atoms with van der Waals surface area (Å²) >= 11 is 0. The van der Waals surface area contributed by atoms with Gasteiger partial charge in [-0.15, -0.1) is 0 Å². The van der Waals surface area contributed by atoms with E-state index in [4.69, 9.17) is 9.47 Å². The largest absolute Gasteiger partial charge is 0.481 e. The zero-order valence-corrected chi connectivity index (χ0v) is 13.2. The first kappa shape index (κ1) is 16.3. The molecular weight excluding hydrogens is 278 g/mol. The summed E-state index contributed by atoms with van der Waals surface area (Å²) in [6.07, 6.45) is 0.959. The summed E-state index contributed by atoms with van der Waals surface area (Å²) in [5.74, 6) is 0.643. The molecule has 2 aromatic carbocycles. The number of carbonyl (C=O) groups is 1. The van der Waals surface area contributed by atoms with Gasteiger partial charge in [0, 0.05) is 20.3 Å². The third kappa shape index (κ3) is 4.46. The average molecular weight is 301 g/mol. The van der Waals surface area contributed by atoms with E-state index in [2.05, 4.69) is 11.4 Å². The molecule has 0 aromatic heterocycles. The summed E-state index contributed by atoms with van der Waals surface area (Å²) in [4.78, 5) is 12.1. The van der Waals surface area contributed by atoms with E-state index < -0.39 is 6.10 Å². The third-order valence-corrected chi connectivity index (χ3v) is 3.49. The van der Waals surface area contributed by atoms with Gasteiger partial charge < -0.3 is 14.8 Å². The van der Waals surface area contributed by atoms with E-state index in [0.717, 1.165) is 22.9 Å². The van der Waals surface area contributed by atoms with E-state index in [1.807, 2.05) is 43.3 Å². The highest BCUT2D eigenvalue weighted by molar-refractivity contribution is 5.84. The molecule has 4 heteroatoms. The number of rotatable bonds is 8. The molecule has 0 fully saturated rings. The van der Waals surface area contributed by atoms with Crippen LogP contribution in [-0.4, -0.2) is 32.3 Å². The summed E-state index contributed by atoms with van der Waals surface area (Å²) in [5.41, 5.74) is 0. The predicted octanol–water partition coefficient (Wildman–Crippen LogP) is 3.15. The standard InChI is InChI=1S/C18H23NO3/c1-3-17(18(20)19-11-6-12-21-2)22-16-10-9-14-7-4-5-8-15(14)13-16/h4-5,7-10,13,17H,3,6,11-12H2,1-2H3,(H,19,20). The molecule has 4 nitrogen and oxygen atoms in total. The minimum atomic E-state index is -0.469. The van der Waals surface area contributed by atoms with Gasteiger partial charge in [-0.3, -0.25) is 4.79 Å². The monoisotopic (exact) mass is 301 g/mol. The number of hydrogen-bond acceptors (Lipinski definition) is 3. The van der Waals surface area contributed by atoms with Gasteiger partial charge in [0.2, 0.25) is 0 Å². The number of benzene rings is 2. The van der Waals surface area contributed by atoms with Crippen LogP contribution < -0.4 is 10.1 Å². The van der Waals surface area contributed by atoms with Gasteiger partial charge in [-0.25, -0.2) is 0 Å². The summed E-state index contributed by atoms with van der Waals surface area (Å²) < 4.78 is 10.8. The molecule has 2 aromatic rings. The highest BCUT2D eigenvalue weighted by Gasteiger charge is 2.17. The van der Waals surface area contributed by atoms with E-state index in [0.29, 0.717) is 19.6 Å². The van der Waals surface area contributed by atoms with Crippen LogP contribution in [0.15, 0.2) is 42.5 Å². The van der Waals surface area contributed by atoms with E-state index in [1.54, 1.807) is 7.11 Å². The van der Waals surface area contributed by atoms with Crippen molar-refractivity contribution in [2.45, 2.75) is 25.9 Å². The molecule has 118 valence electrons. The van der Waals surface area contributed by atoms with E-state index in [-0.39, 0.29) is 5.91 Å². The summed E-state index contributed by atoms with van der Waals surface area (Å²) in [6.45, 7) is 3.19. The Bertz CT molecular complexity index is 612. The molecule has 0 heterocycles. The Hall–Kier alpha value is -2.07. The van der Waals surface area contributed by atoms with E-state index >= 15 is 0 Å². The molecule has 0 saturated carbocycles. The van der Waals surface area contributed by atoms with Gasteiger partial charge in [-0.05, 0) is 35.7 Å². The number of fused-ring (bicyclic) bond motifs is 1. The molecule has 1 unspecified atom stereocenters. The van der Waals surface area contributed by atoms with Gasteiger partial charge in [-0.1, -0.05) is 37.3 Å². The van der Waals surface area contributed by atoms with Crippen LogP contribution in [0.4, 0.5) is 0 Å². The lowest BCUT2D eigenvalue weighted by atomic mass is 10.1. The molecule has 0 saturated heterocycles. The SMILES string of the molecule is CCC(Oc1ccc2ccccc2c1)C(=O)NCCCOC. The Morgan fingerprint density at radius 3 is 2.68 bits per heavy atom. The highest BCUT2D eigenvalue weighted by atomic mass is 16.5. The fourth-order valence-electron chi connectivity index (χ4n) is 2.27. The van der Waals surface area contributed by atoms with Crippen LogP contribution in [0.25, 0.3) is 10.8 Å². The normalized spacial score (nSPS) is 12.1. The molecule has 0 aliphatic heterocycles. The quantitative estimate of drug-likeness (QED) is 0.762.